The third kappa shape index (κ3) is 2.86. The Kier molecular flexibility index (Phi) is 4.62. The highest BCUT2D eigenvalue weighted by atomic mass is 16.1. The van der Waals surface area contributed by atoms with Crippen molar-refractivity contribution in [2.24, 2.45) is 5.73 Å². The van der Waals surface area contributed by atoms with Gasteiger partial charge in [0.15, 0.2) is 0 Å². The molecule has 1 aliphatic carbocycles. The average molecular weight is 253 g/mol. The molecule has 0 aromatic carbocycles. The molecule has 4 nitrogen and oxygen atoms in total. The fourth-order valence-electron chi connectivity index (χ4n) is 3.50. The molecule has 2 rings (SSSR count). The van der Waals surface area contributed by atoms with Gasteiger partial charge in [-0.25, -0.2) is 0 Å². The highest BCUT2D eigenvalue weighted by Crippen LogP contribution is 2.32. The molecule has 4 heteroatoms. The van der Waals surface area contributed by atoms with Gasteiger partial charge in [0.1, 0.15) is 0 Å². The largest absolute Gasteiger partial charge is 0.368 e. The van der Waals surface area contributed by atoms with Crippen molar-refractivity contribution in [1.82, 2.24) is 10.2 Å². The highest BCUT2D eigenvalue weighted by molar-refractivity contribution is 5.84. The van der Waals surface area contributed by atoms with Gasteiger partial charge >= 0.3 is 0 Å². The first-order valence-corrected chi connectivity index (χ1v) is 7.47. The average Bonchev–Trinajstić information content (AvgIpc) is 2.90. The van der Waals surface area contributed by atoms with Gasteiger partial charge in [-0.05, 0) is 64.6 Å². The summed E-state index contributed by atoms with van der Waals surface area (Å²) in [5, 5.41) is 3.44. The number of rotatable bonds is 5. The Morgan fingerprint density at radius 1 is 1.39 bits per heavy atom. The van der Waals surface area contributed by atoms with Crippen molar-refractivity contribution in [3.05, 3.63) is 0 Å². The molecule has 2 unspecified atom stereocenters. The van der Waals surface area contributed by atoms with Crippen LogP contribution in [-0.4, -0.2) is 42.0 Å². The van der Waals surface area contributed by atoms with Crippen LogP contribution < -0.4 is 11.1 Å². The molecule has 2 atom stereocenters. The van der Waals surface area contributed by atoms with Crippen LogP contribution in [0.15, 0.2) is 0 Å². The Morgan fingerprint density at radius 3 is 2.72 bits per heavy atom. The summed E-state index contributed by atoms with van der Waals surface area (Å²) in [6.45, 7) is 5.42. The lowest BCUT2D eigenvalue weighted by atomic mass is 9.77. The van der Waals surface area contributed by atoms with Gasteiger partial charge in [0.2, 0.25) is 5.91 Å². The molecule has 104 valence electrons. The number of nitrogens with zero attached hydrogens (tertiary/aromatic N) is 1. The molecule has 1 heterocycles. The van der Waals surface area contributed by atoms with E-state index in [1.807, 2.05) is 0 Å². The van der Waals surface area contributed by atoms with Crippen LogP contribution in [0.25, 0.3) is 0 Å². The van der Waals surface area contributed by atoms with Gasteiger partial charge in [0, 0.05) is 6.04 Å². The molecule has 3 N–H and O–H groups in total. The summed E-state index contributed by atoms with van der Waals surface area (Å²) in [4.78, 5) is 14.4. The highest BCUT2D eigenvalue weighted by Gasteiger charge is 2.42. The maximum atomic E-state index is 11.9. The quantitative estimate of drug-likeness (QED) is 0.775. The fraction of sp³-hybridized carbons (Fsp3) is 0.929. The number of primary amides is 1. The van der Waals surface area contributed by atoms with Crippen molar-refractivity contribution < 1.29 is 4.79 Å². The molecule has 0 spiro atoms. The summed E-state index contributed by atoms with van der Waals surface area (Å²) in [5.41, 5.74) is 5.24. The number of carbonyl (C=O) groups excluding carboxylic acids is 1. The molecule has 2 fully saturated rings. The summed E-state index contributed by atoms with van der Waals surface area (Å²) in [6, 6.07) is 0.554. The predicted octanol–water partition coefficient (Wildman–Crippen LogP) is 1.25. The van der Waals surface area contributed by atoms with Crippen LogP contribution in [0, 0.1) is 0 Å². The van der Waals surface area contributed by atoms with E-state index < -0.39 is 5.54 Å². The zero-order valence-electron chi connectivity index (χ0n) is 11.6. The van der Waals surface area contributed by atoms with Crippen molar-refractivity contribution in [3.63, 3.8) is 0 Å². The van der Waals surface area contributed by atoms with E-state index in [4.69, 9.17) is 5.73 Å². The van der Waals surface area contributed by atoms with Crippen LogP contribution in [0.2, 0.25) is 0 Å². The second kappa shape index (κ2) is 6.02. The van der Waals surface area contributed by atoms with Crippen LogP contribution in [-0.2, 0) is 4.79 Å². The molecule has 18 heavy (non-hydrogen) atoms. The third-order valence-electron chi connectivity index (χ3n) is 4.57. The lowest BCUT2D eigenvalue weighted by molar-refractivity contribution is -0.126. The van der Waals surface area contributed by atoms with E-state index in [0.717, 1.165) is 32.2 Å². The minimum absolute atomic E-state index is 0.153. The van der Waals surface area contributed by atoms with E-state index in [1.54, 1.807) is 0 Å². The Morgan fingerprint density at radius 2 is 2.11 bits per heavy atom. The standard InChI is InChI=1S/C14H27N3O/c1-2-8-16-14(13(15)18)7-5-6-12(11-14)17-9-3-4-10-17/h12,16H,2-11H2,1H3,(H2,15,18). The maximum Gasteiger partial charge on any atom is 0.237 e. The van der Waals surface area contributed by atoms with Gasteiger partial charge < -0.3 is 16.0 Å². The van der Waals surface area contributed by atoms with E-state index in [1.165, 1.54) is 32.4 Å². The molecular formula is C14H27N3O. The number of hydrogen-bond donors (Lipinski definition) is 2. The van der Waals surface area contributed by atoms with Crippen LogP contribution >= 0.6 is 0 Å². The first-order valence-electron chi connectivity index (χ1n) is 7.47. The topological polar surface area (TPSA) is 58.4 Å². The normalized spacial score (nSPS) is 33.7. The van der Waals surface area contributed by atoms with Crippen molar-refractivity contribution in [3.8, 4) is 0 Å². The number of hydrogen-bond acceptors (Lipinski definition) is 3. The second-order valence-corrected chi connectivity index (χ2v) is 5.87. The summed E-state index contributed by atoms with van der Waals surface area (Å²) < 4.78 is 0. The summed E-state index contributed by atoms with van der Waals surface area (Å²) in [5.74, 6) is -0.153. The van der Waals surface area contributed by atoms with Crippen molar-refractivity contribution in [2.75, 3.05) is 19.6 Å². The number of nitrogens with two attached hydrogens (primary N) is 1. The SMILES string of the molecule is CCCNC1(C(N)=O)CCCC(N2CCCC2)C1. The lowest BCUT2D eigenvalue weighted by Crippen LogP contribution is -2.60. The Balaban J connectivity index is 2.02. The molecule has 2 aliphatic rings. The summed E-state index contributed by atoms with van der Waals surface area (Å²) in [6.07, 6.45) is 7.81. The zero-order chi connectivity index (χ0) is 13.0. The molecule has 0 aromatic rings. The van der Waals surface area contributed by atoms with Crippen molar-refractivity contribution in [2.45, 2.75) is 63.5 Å². The molecule has 0 radical (unpaired) electrons. The minimum Gasteiger partial charge on any atom is -0.368 e. The van der Waals surface area contributed by atoms with E-state index >= 15 is 0 Å². The first-order chi connectivity index (χ1) is 8.68. The smallest absolute Gasteiger partial charge is 0.237 e. The zero-order valence-corrected chi connectivity index (χ0v) is 11.6. The van der Waals surface area contributed by atoms with Gasteiger partial charge in [0.25, 0.3) is 0 Å². The summed E-state index contributed by atoms with van der Waals surface area (Å²) >= 11 is 0. The summed E-state index contributed by atoms with van der Waals surface area (Å²) in [7, 11) is 0. The van der Waals surface area contributed by atoms with E-state index in [-0.39, 0.29) is 5.91 Å². The molecule has 0 aromatic heterocycles. The molecule has 1 saturated heterocycles. The predicted molar refractivity (Wildman–Crippen MR) is 73.3 cm³/mol. The van der Waals surface area contributed by atoms with Crippen molar-refractivity contribution >= 4 is 5.91 Å². The number of amides is 1. The Labute approximate surface area is 110 Å². The first kappa shape index (κ1) is 13.8. The van der Waals surface area contributed by atoms with Gasteiger partial charge in [-0.1, -0.05) is 6.92 Å². The van der Waals surface area contributed by atoms with Gasteiger partial charge in [-0.15, -0.1) is 0 Å². The molecule has 1 aliphatic heterocycles. The monoisotopic (exact) mass is 253 g/mol. The lowest BCUT2D eigenvalue weighted by Gasteiger charge is -2.42. The van der Waals surface area contributed by atoms with E-state index in [0.29, 0.717) is 6.04 Å². The molecular weight excluding hydrogens is 226 g/mol. The van der Waals surface area contributed by atoms with Gasteiger partial charge in [0.05, 0.1) is 5.54 Å². The van der Waals surface area contributed by atoms with Crippen LogP contribution in [0.5, 0.6) is 0 Å². The van der Waals surface area contributed by atoms with Gasteiger partial charge in [-0.2, -0.15) is 0 Å². The fourth-order valence-corrected chi connectivity index (χ4v) is 3.50. The number of nitrogens with one attached hydrogen (secondary N) is 1. The van der Waals surface area contributed by atoms with Gasteiger partial charge in [-0.3, -0.25) is 4.79 Å². The van der Waals surface area contributed by atoms with Crippen LogP contribution in [0.3, 0.4) is 0 Å². The van der Waals surface area contributed by atoms with Crippen molar-refractivity contribution in [1.29, 1.82) is 0 Å². The third-order valence-corrected chi connectivity index (χ3v) is 4.57. The molecule has 1 saturated carbocycles. The van der Waals surface area contributed by atoms with E-state index in [2.05, 4.69) is 17.1 Å². The molecule has 1 amide bonds. The van der Waals surface area contributed by atoms with Crippen LogP contribution in [0.4, 0.5) is 0 Å². The number of likely N-dealkylation sites (tertiary alicyclic amines) is 1. The Bertz CT molecular complexity index is 289. The van der Waals surface area contributed by atoms with E-state index in [9.17, 15) is 4.79 Å². The second-order valence-electron chi connectivity index (χ2n) is 5.87. The Hall–Kier alpha value is -0.610. The van der Waals surface area contributed by atoms with Crippen LogP contribution in [0.1, 0.15) is 51.9 Å². The molecule has 0 bridgehead atoms. The maximum absolute atomic E-state index is 11.9. The number of carbonyl (C=O) groups is 1. The minimum atomic E-state index is -0.443.